The monoisotopic (exact) mass is 315 g/mol. The summed E-state index contributed by atoms with van der Waals surface area (Å²) in [5.74, 6) is 1.76. The second-order valence-electron chi connectivity index (χ2n) is 5.30. The Kier molecular flexibility index (Phi) is 3.29. The number of aromatic amines is 1. The number of hydrogen-bond donors (Lipinski definition) is 1. The Morgan fingerprint density at radius 3 is 2.92 bits per heavy atom. The van der Waals surface area contributed by atoms with E-state index in [0.717, 1.165) is 16.4 Å². The van der Waals surface area contributed by atoms with E-state index in [2.05, 4.69) is 16.0 Å². The Morgan fingerprint density at radius 2 is 2.12 bits per heavy atom. The fourth-order valence-corrected chi connectivity index (χ4v) is 2.66. The fourth-order valence-electron chi connectivity index (χ4n) is 2.66. The smallest absolute Gasteiger partial charge is 0.176 e. The van der Waals surface area contributed by atoms with Crippen LogP contribution >= 0.6 is 0 Å². The Balaban J connectivity index is 1.81. The van der Waals surface area contributed by atoms with Crippen LogP contribution in [-0.2, 0) is 0 Å². The van der Waals surface area contributed by atoms with E-state index in [9.17, 15) is 5.26 Å². The number of benzene rings is 2. The van der Waals surface area contributed by atoms with Gasteiger partial charge in [-0.15, -0.1) is 0 Å². The van der Waals surface area contributed by atoms with Crippen molar-refractivity contribution in [2.24, 2.45) is 0 Å². The molecule has 1 N–H and O–H groups in total. The lowest BCUT2D eigenvalue weighted by atomic mass is 10.2. The molecule has 5 heteroatoms. The van der Waals surface area contributed by atoms with Gasteiger partial charge in [0.1, 0.15) is 17.7 Å². The van der Waals surface area contributed by atoms with Crippen molar-refractivity contribution in [3.8, 4) is 11.8 Å². The predicted octanol–water partition coefficient (Wildman–Crippen LogP) is 4.38. The Labute approximate surface area is 137 Å². The van der Waals surface area contributed by atoms with E-state index in [-0.39, 0.29) is 0 Å². The molecule has 4 aromatic rings. The molecule has 4 rings (SSSR count). The zero-order valence-corrected chi connectivity index (χ0v) is 12.9. The van der Waals surface area contributed by atoms with Gasteiger partial charge >= 0.3 is 0 Å². The van der Waals surface area contributed by atoms with E-state index in [0.29, 0.717) is 28.5 Å². The summed E-state index contributed by atoms with van der Waals surface area (Å²) in [6.07, 6.45) is 1.68. The lowest BCUT2D eigenvalue weighted by molar-refractivity contribution is 0.410. The van der Waals surface area contributed by atoms with Crippen LogP contribution < -0.4 is 4.74 Å². The van der Waals surface area contributed by atoms with Crippen molar-refractivity contribution >= 4 is 33.7 Å². The number of aromatic nitrogens is 2. The van der Waals surface area contributed by atoms with Crippen LogP contribution in [0.5, 0.6) is 5.75 Å². The maximum Gasteiger partial charge on any atom is 0.176 e. The Hall–Kier alpha value is -3.52. The van der Waals surface area contributed by atoms with Gasteiger partial charge in [-0.05, 0) is 24.3 Å². The number of para-hydroxylation sites is 3. The van der Waals surface area contributed by atoms with Gasteiger partial charge in [-0.1, -0.05) is 24.3 Å². The largest absolute Gasteiger partial charge is 0.493 e. The number of fused-ring (bicyclic) bond motifs is 2. The summed E-state index contributed by atoms with van der Waals surface area (Å²) in [5.41, 5.74) is 2.78. The molecule has 0 aliphatic carbocycles. The summed E-state index contributed by atoms with van der Waals surface area (Å²) in [5, 5.41) is 10.4. The SMILES string of the molecule is COc1cccc2cc(C=C(C#N)c3nc4ccccc4[nH]3)oc12. The molecule has 116 valence electrons. The molecule has 0 spiro atoms. The van der Waals surface area contributed by atoms with Gasteiger partial charge in [0.05, 0.1) is 23.7 Å². The third kappa shape index (κ3) is 2.31. The number of ether oxygens (including phenoxy) is 1. The van der Waals surface area contributed by atoms with Crippen molar-refractivity contribution in [3.05, 3.63) is 60.1 Å². The zero-order chi connectivity index (χ0) is 16.5. The van der Waals surface area contributed by atoms with Gasteiger partial charge in [-0.3, -0.25) is 0 Å². The molecule has 24 heavy (non-hydrogen) atoms. The van der Waals surface area contributed by atoms with Gasteiger partial charge in [-0.2, -0.15) is 5.26 Å². The molecule has 0 saturated heterocycles. The molecule has 0 unspecified atom stereocenters. The number of methoxy groups -OCH3 is 1. The van der Waals surface area contributed by atoms with E-state index in [1.165, 1.54) is 0 Å². The van der Waals surface area contributed by atoms with Gasteiger partial charge in [0.2, 0.25) is 0 Å². The van der Waals surface area contributed by atoms with Crippen LogP contribution in [0.3, 0.4) is 0 Å². The summed E-state index contributed by atoms with van der Waals surface area (Å²) in [6, 6.07) is 17.4. The van der Waals surface area contributed by atoms with Crippen molar-refractivity contribution in [3.63, 3.8) is 0 Å². The molecule has 0 aliphatic rings. The number of nitriles is 1. The average Bonchev–Trinajstić information content (AvgIpc) is 3.22. The van der Waals surface area contributed by atoms with Crippen molar-refractivity contribution in [2.75, 3.05) is 7.11 Å². The molecular formula is C19H13N3O2. The summed E-state index contributed by atoms with van der Waals surface area (Å²) in [6.45, 7) is 0. The van der Waals surface area contributed by atoms with E-state index in [1.807, 2.05) is 48.5 Å². The van der Waals surface area contributed by atoms with Crippen LogP contribution in [0.2, 0.25) is 0 Å². The number of allylic oxidation sites excluding steroid dienone is 1. The number of nitrogens with zero attached hydrogens (tertiary/aromatic N) is 2. The minimum Gasteiger partial charge on any atom is -0.493 e. The van der Waals surface area contributed by atoms with Crippen LogP contribution in [0, 0.1) is 11.3 Å². The zero-order valence-electron chi connectivity index (χ0n) is 12.9. The topological polar surface area (TPSA) is 74.8 Å². The standard InChI is InChI=1S/C19H13N3O2/c1-23-17-8-4-5-12-9-14(24-18(12)17)10-13(11-20)19-21-15-6-2-3-7-16(15)22-19/h2-10H,1H3,(H,21,22). The Bertz CT molecular complexity index is 1080. The molecule has 0 aliphatic heterocycles. The number of H-pyrrole nitrogens is 1. The van der Waals surface area contributed by atoms with Crippen LogP contribution in [0.1, 0.15) is 11.6 Å². The fraction of sp³-hybridized carbons (Fsp3) is 0.0526. The highest BCUT2D eigenvalue weighted by Gasteiger charge is 2.11. The molecule has 0 bridgehead atoms. The first kappa shape index (κ1) is 14.1. The second-order valence-corrected chi connectivity index (χ2v) is 5.30. The average molecular weight is 315 g/mol. The quantitative estimate of drug-likeness (QED) is 0.569. The van der Waals surface area contributed by atoms with E-state index in [4.69, 9.17) is 9.15 Å². The third-order valence-electron chi connectivity index (χ3n) is 3.80. The van der Waals surface area contributed by atoms with Crippen LogP contribution in [-0.4, -0.2) is 17.1 Å². The highest BCUT2D eigenvalue weighted by Crippen LogP contribution is 2.30. The molecule has 2 aromatic heterocycles. The number of rotatable bonds is 3. The number of imidazole rings is 1. The summed E-state index contributed by atoms with van der Waals surface area (Å²) in [4.78, 5) is 7.61. The molecule has 5 nitrogen and oxygen atoms in total. The lowest BCUT2D eigenvalue weighted by Crippen LogP contribution is -1.84. The van der Waals surface area contributed by atoms with Gasteiger partial charge in [0.25, 0.3) is 0 Å². The predicted molar refractivity (Wildman–Crippen MR) is 92.3 cm³/mol. The van der Waals surface area contributed by atoms with Crippen molar-refractivity contribution in [2.45, 2.75) is 0 Å². The summed E-state index contributed by atoms with van der Waals surface area (Å²) < 4.78 is 11.1. The first-order valence-electron chi connectivity index (χ1n) is 7.42. The lowest BCUT2D eigenvalue weighted by Gasteiger charge is -1.98. The molecule has 0 atom stereocenters. The summed E-state index contributed by atoms with van der Waals surface area (Å²) in [7, 11) is 1.60. The van der Waals surface area contributed by atoms with Crippen LogP contribution in [0.15, 0.2) is 52.9 Å². The Morgan fingerprint density at radius 1 is 1.25 bits per heavy atom. The number of nitrogens with one attached hydrogen (secondary N) is 1. The highest BCUT2D eigenvalue weighted by atomic mass is 16.5. The van der Waals surface area contributed by atoms with Crippen molar-refractivity contribution in [1.29, 1.82) is 5.26 Å². The molecule has 0 saturated carbocycles. The third-order valence-corrected chi connectivity index (χ3v) is 3.80. The van der Waals surface area contributed by atoms with Crippen molar-refractivity contribution in [1.82, 2.24) is 9.97 Å². The van der Waals surface area contributed by atoms with E-state index in [1.54, 1.807) is 13.2 Å². The van der Waals surface area contributed by atoms with Gasteiger partial charge < -0.3 is 14.1 Å². The number of hydrogen-bond acceptors (Lipinski definition) is 4. The first-order valence-corrected chi connectivity index (χ1v) is 7.42. The van der Waals surface area contributed by atoms with E-state index < -0.39 is 0 Å². The van der Waals surface area contributed by atoms with Crippen LogP contribution in [0.25, 0.3) is 33.7 Å². The van der Waals surface area contributed by atoms with Gasteiger partial charge in [0.15, 0.2) is 11.3 Å². The van der Waals surface area contributed by atoms with Gasteiger partial charge in [0, 0.05) is 11.5 Å². The van der Waals surface area contributed by atoms with E-state index >= 15 is 0 Å². The maximum atomic E-state index is 9.50. The number of furan rings is 1. The molecule has 2 aromatic carbocycles. The summed E-state index contributed by atoms with van der Waals surface area (Å²) >= 11 is 0. The maximum absolute atomic E-state index is 9.50. The molecule has 0 fully saturated rings. The molecule has 0 radical (unpaired) electrons. The minimum absolute atomic E-state index is 0.407. The molecular weight excluding hydrogens is 302 g/mol. The second kappa shape index (κ2) is 5.60. The van der Waals surface area contributed by atoms with Crippen LogP contribution in [0.4, 0.5) is 0 Å². The minimum atomic E-state index is 0.407. The molecule has 2 heterocycles. The van der Waals surface area contributed by atoms with Gasteiger partial charge in [-0.25, -0.2) is 4.98 Å². The highest BCUT2D eigenvalue weighted by molar-refractivity contribution is 5.92. The first-order chi connectivity index (χ1) is 11.8. The van der Waals surface area contributed by atoms with Crippen molar-refractivity contribution < 1.29 is 9.15 Å². The normalized spacial score (nSPS) is 11.8. The molecule has 0 amide bonds.